The normalized spacial score (nSPS) is 15.6. The molecule has 148 valence electrons. The zero-order valence-electron chi connectivity index (χ0n) is 16.0. The number of amides is 2. The molecule has 28 heavy (non-hydrogen) atoms. The highest BCUT2D eigenvalue weighted by Crippen LogP contribution is 2.34. The van der Waals surface area contributed by atoms with Crippen LogP contribution in [0.4, 0.5) is 10.7 Å². The average molecular weight is 402 g/mol. The second-order valence-electron chi connectivity index (χ2n) is 6.23. The Morgan fingerprint density at radius 1 is 1.29 bits per heavy atom. The molecule has 1 aliphatic rings. The molecule has 1 aromatic carbocycles. The van der Waals surface area contributed by atoms with E-state index >= 15 is 0 Å². The van der Waals surface area contributed by atoms with Crippen molar-refractivity contribution in [3.05, 3.63) is 40.8 Å². The van der Waals surface area contributed by atoms with Gasteiger partial charge in [0.2, 0.25) is 5.91 Å². The molecule has 0 fully saturated rings. The number of esters is 1. The number of benzene rings is 1. The number of rotatable bonds is 6. The molecule has 0 spiro atoms. The molecule has 0 saturated heterocycles. The molecule has 1 aromatic heterocycles. The Morgan fingerprint density at radius 3 is 2.75 bits per heavy atom. The van der Waals surface area contributed by atoms with Gasteiger partial charge >= 0.3 is 5.97 Å². The van der Waals surface area contributed by atoms with E-state index in [-0.39, 0.29) is 19.1 Å². The lowest BCUT2D eigenvalue weighted by molar-refractivity contribution is -0.127. The maximum Gasteiger partial charge on any atom is 0.341 e. The molecule has 0 unspecified atom stereocenters. The third kappa shape index (κ3) is 4.01. The van der Waals surface area contributed by atoms with Crippen LogP contribution in [-0.2, 0) is 20.7 Å². The van der Waals surface area contributed by atoms with E-state index < -0.39 is 18.0 Å². The summed E-state index contributed by atoms with van der Waals surface area (Å²) in [5, 5.41) is 3.19. The Bertz CT molecular complexity index is 908. The molecule has 1 atom stereocenters. The van der Waals surface area contributed by atoms with Gasteiger partial charge in [-0.1, -0.05) is 19.1 Å². The summed E-state index contributed by atoms with van der Waals surface area (Å²) in [5.74, 6) is -0.610. The maximum absolute atomic E-state index is 12.7. The summed E-state index contributed by atoms with van der Waals surface area (Å²) in [4.78, 5) is 39.8. The number of aryl methyl sites for hydroxylation is 1. The lowest BCUT2D eigenvalue weighted by Gasteiger charge is -2.32. The molecule has 2 heterocycles. The van der Waals surface area contributed by atoms with Gasteiger partial charge in [-0.05, 0) is 38.5 Å². The second kappa shape index (κ2) is 8.43. The first-order valence-electron chi connectivity index (χ1n) is 9.11. The third-order valence-corrected chi connectivity index (χ3v) is 5.45. The van der Waals surface area contributed by atoms with Gasteiger partial charge < -0.3 is 14.8 Å². The van der Waals surface area contributed by atoms with Crippen LogP contribution in [0.5, 0.6) is 5.75 Å². The van der Waals surface area contributed by atoms with Crippen LogP contribution in [-0.4, -0.2) is 37.0 Å². The fourth-order valence-corrected chi connectivity index (χ4v) is 3.90. The van der Waals surface area contributed by atoms with E-state index in [1.54, 1.807) is 38.1 Å². The van der Waals surface area contributed by atoms with Gasteiger partial charge in [0.25, 0.3) is 5.91 Å². The molecular weight excluding hydrogens is 380 g/mol. The van der Waals surface area contributed by atoms with Crippen LogP contribution in [0.2, 0.25) is 0 Å². The first kappa shape index (κ1) is 19.9. The lowest BCUT2D eigenvalue weighted by atomic mass is 10.2. The molecule has 0 bridgehead atoms. The van der Waals surface area contributed by atoms with Gasteiger partial charge in [0.15, 0.2) is 6.10 Å². The predicted octanol–water partition coefficient (Wildman–Crippen LogP) is 3.24. The van der Waals surface area contributed by atoms with Crippen molar-refractivity contribution < 1.29 is 23.9 Å². The highest BCUT2D eigenvalue weighted by Gasteiger charge is 2.32. The molecule has 8 heteroatoms. The highest BCUT2D eigenvalue weighted by molar-refractivity contribution is 7.16. The second-order valence-corrected chi connectivity index (χ2v) is 7.37. The summed E-state index contributed by atoms with van der Waals surface area (Å²) in [5.41, 5.74) is 0.880. The first-order chi connectivity index (χ1) is 13.4. The van der Waals surface area contributed by atoms with E-state index in [1.165, 1.54) is 16.2 Å². The van der Waals surface area contributed by atoms with Crippen molar-refractivity contribution in [1.82, 2.24) is 0 Å². The van der Waals surface area contributed by atoms with E-state index in [0.29, 0.717) is 22.0 Å². The number of carbonyl (C=O) groups excluding carboxylic acids is 3. The molecule has 3 rings (SSSR count). The number of fused-ring (bicyclic) bond motifs is 1. The van der Waals surface area contributed by atoms with Crippen LogP contribution in [0.25, 0.3) is 0 Å². The number of thiophene rings is 1. The summed E-state index contributed by atoms with van der Waals surface area (Å²) >= 11 is 1.33. The summed E-state index contributed by atoms with van der Waals surface area (Å²) in [7, 11) is 0. The van der Waals surface area contributed by atoms with Crippen LogP contribution < -0.4 is 15.0 Å². The van der Waals surface area contributed by atoms with Crippen molar-refractivity contribution in [1.29, 1.82) is 0 Å². The molecule has 1 N–H and O–H groups in total. The number of para-hydroxylation sites is 2. The van der Waals surface area contributed by atoms with Gasteiger partial charge in [0.1, 0.15) is 17.3 Å². The van der Waals surface area contributed by atoms with Crippen LogP contribution in [0.1, 0.15) is 36.0 Å². The third-order valence-electron chi connectivity index (χ3n) is 4.26. The SMILES string of the molecule is CCOC(=O)c1cc(CC)sc1NC(=O)CN1C(=O)[C@H](C)Oc2ccccc21. The average Bonchev–Trinajstić information content (AvgIpc) is 3.08. The molecule has 2 aromatic rings. The van der Waals surface area contributed by atoms with Gasteiger partial charge in [-0.25, -0.2) is 4.79 Å². The molecular formula is C20H22N2O5S. The minimum atomic E-state index is -0.675. The Hall–Kier alpha value is -2.87. The number of ether oxygens (including phenoxy) is 2. The van der Waals surface area contributed by atoms with Gasteiger partial charge in [0, 0.05) is 4.88 Å². The zero-order valence-corrected chi connectivity index (χ0v) is 16.8. The smallest absolute Gasteiger partial charge is 0.341 e. The lowest BCUT2D eigenvalue weighted by Crippen LogP contribution is -2.47. The number of nitrogens with one attached hydrogen (secondary N) is 1. The minimum absolute atomic E-state index is 0.175. The number of anilines is 2. The van der Waals surface area contributed by atoms with Crippen molar-refractivity contribution in [3.8, 4) is 5.75 Å². The van der Waals surface area contributed by atoms with Crippen molar-refractivity contribution in [2.24, 2.45) is 0 Å². The number of hydrogen-bond acceptors (Lipinski definition) is 6. The van der Waals surface area contributed by atoms with Crippen LogP contribution in [0.3, 0.4) is 0 Å². The topological polar surface area (TPSA) is 84.9 Å². The standard InChI is InChI=1S/C20H22N2O5S/c1-4-13-10-14(20(25)26-5-2)18(28-13)21-17(23)11-22-15-8-6-7-9-16(15)27-12(3)19(22)24/h6-10,12H,4-5,11H2,1-3H3,(H,21,23)/t12-/m0/s1. The van der Waals surface area contributed by atoms with Crippen molar-refractivity contribution >= 4 is 39.8 Å². The molecule has 7 nitrogen and oxygen atoms in total. The zero-order chi connectivity index (χ0) is 20.3. The van der Waals surface area contributed by atoms with E-state index in [1.807, 2.05) is 13.0 Å². The molecule has 0 saturated carbocycles. The molecule has 0 aliphatic carbocycles. The van der Waals surface area contributed by atoms with E-state index in [0.717, 1.165) is 11.3 Å². The minimum Gasteiger partial charge on any atom is -0.479 e. The van der Waals surface area contributed by atoms with Gasteiger partial charge in [-0.3, -0.25) is 14.5 Å². The van der Waals surface area contributed by atoms with Crippen LogP contribution in [0.15, 0.2) is 30.3 Å². The monoisotopic (exact) mass is 402 g/mol. The van der Waals surface area contributed by atoms with E-state index in [4.69, 9.17) is 9.47 Å². The summed E-state index contributed by atoms with van der Waals surface area (Å²) in [6.45, 7) is 5.42. The fourth-order valence-electron chi connectivity index (χ4n) is 2.90. The Balaban J connectivity index is 1.80. The van der Waals surface area contributed by atoms with Crippen LogP contribution in [0, 0.1) is 0 Å². The number of carbonyl (C=O) groups is 3. The summed E-state index contributed by atoms with van der Waals surface area (Å²) < 4.78 is 10.7. The Labute approximate surface area is 167 Å². The van der Waals surface area contributed by atoms with E-state index in [2.05, 4.69) is 5.32 Å². The van der Waals surface area contributed by atoms with Crippen molar-refractivity contribution in [3.63, 3.8) is 0 Å². The summed E-state index contributed by atoms with van der Waals surface area (Å²) in [6, 6.07) is 8.81. The molecule has 0 radical (unpaired) electrons. The van der Waals surface area contributed by atoms with Crippen molar-refractivity contribution in [2.75, 3.05) is 23.4 Å². The van der Waals surface area contributed by atoms with Gasteiger partial charge in [-0.2, -0.15) is 0 Å². The van der Waals surface area contributed by atoms with Crippen LogP contribution >= 0.6 is 11.3 Å². The Morgan fingerprint density at radius 2 is 2.04 bits per heavy atom. The summed E-state index contributed by atoms with van der Waals surface area (Å²) in [6.07, 6.45) is 0.0611. The largest absolute Gasteiger partial charge is 0.479 e. The Kier molecular flexibility index (Phi) is 5.99. The fraction of sp³-hybridized carbons (Fsp3) is 0.350. The maximum atomic E-state index is 12.7. The van der Waals surface area contributed by atoms with Crippen molar-refractivity contribution in [2.45, 2.75) is 33.3 Å². The predicted molar refractivity (Wildman–Crippen MR) is 107 cm³/mol. The highest BCUT2D eigenvalue weighted by atomic mass is 32.1. The quantitative estimate of drug-likeness (QED) is 0.750. The number of hydrogen-bond donors (Lipinski definition) is 1. The molecule has 2 amide bonds. The first-order valence-corrected chi connectivity index (χ1v) is 9.93. The van der Waals surface area contributed by atoms with E-state index in [9.17, 15) is 14.4 Å². The number of nitrogens with zero attached hydrogens (tertiary/aromatic N) is 1. The van der Waals surface area contributed by atoms with Gasteiger partial charge in [0.05, 0.1) is 17.9 Å². The molecule has 1 aliphatic heterocycles. The van der Waals surface area contributed by atoms with Gasteiger partial charge in [-0.15, -0.1) is 11.3 Å².